The number of rotatable bonds is 2. The van der Waals surface area contributed by atoms with Gasteiger partial charge in [-0.3, -0.25) is 0 Å². The van der Waals surface area contributed by atoms with Crippen LogP contribution in [0.25, 0.3) is 0 Å². The normalized spacial score (nSPS) is 19.2. The Morgan fingerprint density at radius 2 is 2.00 bits per heavy atom. The van der Waals surface area contributed by atoms with Gasteiger partial charge in [-0.05, 0) is 37.1 Å². The molecule has 1 atom stereocenters. The zero-order valence-corrected chi connectivity index (χ0v) is 10.8. The topological polar surface area (TPSA) is 38.3 Å². The van der Waals surface area contributed by atoms with Crippen molar-refractivity contribution < 1.29 is 9.53 Å². The molecule has 1 heterocycles. The van der Waals surface area contributed by atoms with E-state index in [0.717, 1.165) is 6.54 Å². The summed E-state index contributed by atoms with van der Waals surface area (Å²) in [6.07, 6.45) is 3.71. The highest BCUT2D eigenvalue weighted by Crippen LogP contribution is 2.23. The molecular weight excluding hydrogens is 238 g/mol. The molecule has 0 bridgehead atoms. The van der Waals surface area contributed by atoms with E-state index in [0.29, 0.717) is 11.6 Å². The fourth-order valence-corrected chi connectivity index (χ4v) is 2.11. The number of ether oxygens (including phenoxy) is 1. The summed E-state index contributed by atoms with van der Waals surface area (Å²) in [7, 11) is 1.40. The third kappa shape index (κ3) is 3.45. The predicted octanol–water partition coefficient (Wildman–Crippen LogP) is 2.71. The molecule has 1 N–H and O–H groups in total. The van der Waals surface area contributed by atoms with Gasteiger partial charge in [0, 0.05) is 6.04 Å². The maximum Gasteiger partial charge on any atom is 0.337 e. The highest BCUT2D eigenvalue weighted by Gasteiger charge is 2.14. The summed E-state index contributed by atoms with van der Waals surface area (Å²) in [5, 5.41) is 3.48. The standard InChI is InChI=1S/C13H17NO2.ClH/c1-16-13(15)11-7-5-10(6-8-11)12-4-2-3-9-14-12;/h5-8,12,14H,2-4,9H2,1H3;1H. The van der Waals surface area contributed by atoms with Crippen LogP contribution >= 0.6 is 12.4 Å². The monoisotopic (exact) mass is 255 g/mol. The lowest BCUT2D eigenvalue weighted by atomic mass is 9.97. The summed E-state index contributed by atoms with van der Waals surface area (Å²) < 4.78 is 4.67. The van der Waals surface area contributed by atoms with Crippen LogP contribution in [0.5, 0.6) is 0 Å². The molecule has 1 aromatic carbocycles. The quantitative estimate of drug-likeness (QED) is 0.826. The molecule has 0 radical (unpaired) electrons. The number of methoxy groups -OCH3 is 1. The van der Waals surface area contributed by atoms with E-state index in [1.165, 1.54) is 31.9 Å². The van der Waals surface area contributed by atoms with Gasteiger partial charge < -0.3 is 10.1 Å². The summed E-state index contributed by atoms with van der Waals surface area (Å²) in [6.45, 7) is 1.09. The van der Waals surface area contributed by atoms with Crippen molar-refractivity contribution in [1.29, 1.82) is 0 Å². The van der Waals surface area contributed by atoms with Crippen LogP contribution in [0.4, 0.5) is 0 Å². The summed E-state index contributed by atoms with van der Waals surface area (Å²) in [5.74, 6) is -0.275. The number of halogens is 1. The summed E-state index contributed by atoms with van der Waals surface area (Å²) in [5.41, 5.74) is 1.87. The molecule has 1 aliphatic heterocycles. The van der Waals surface area contributed by atoms with Gasteiger partial charge in [0.1, 0.15) is 0 Å². The van der Waals surface area contributed by atoms with Gasteiger partial charge >= 0.3 is 5.97 Å². The van der Waals surface area contributed by atoms with E-state index in [1.54, 1.807) is 0 Å². The minimum Gasteiger partial charge on any atom is -0.465 e. The van der Waals surface area contributed by atoms with Crippen LogP contribution in [0.15, 0.2) is 24.3 Å². The van der Waals surface area contributed by atoms with Gasteiger partial charge in [0.15, 0.2) is 0 Å². The van der Waals surface area contributed by atoms with Crippen molar-refractivity contribution in [2.45, 2.75) is 25.3 Å². The molecule has 1 aromatic rings. The zero-order valence-electron chi connectivity index (χ0n) is 9.94. The van der Waals surface area contributed by atoms with Crippen LogP contribution in [0.2, 0.25) is 0 Å². The van der Waals surface area contributed by atoms with E-state index >= 15 is 0 Å². The van der Waals surface area contributed by atoms with Crippen LogP contribution in [0.3, 0.4) is 0 Å². The van der Waals surface area contributed by atoms with Crippen molar-refractivity contribution in [2.75, 3.05) is 13.7 Å². The molecule has 3 nitrogen and oxygen atoms in total. The van der Waals surface area contributed by atoms with E-state index in [4.69, 9.17) is 0 Å². The maximum atomic E-state index is 11.3. The molecule has 1 saturated heterocycles. The Morgan fingerprint density at radius 3 is 2.53 bits per heavy atom. The number of benzene rings is 1. The lowest BCUT2D eigenvalue weighted by Crippen LogP contribution is -2.26. The molecule has 0 amide bonds. The van der Waals surface area contributed by atoms with E-state index in [9.17, 15) is 4.79 Å². The molecule has 0 spiro atoms. The van der Waals surface area contributed by atoms with Crippen LogP contribution in [-0.2, 0) is 4.74 Å². The number of nitrogens with one attached hydrogen (secondary N) is 1. The Bertz CT molecular complexity index is 358. The van der Waals surface area contributed by atoms with E-state index in [2.05, 4.69) is 10.1 Å². The second-order valence-corrected chi connectivity index (χ2v) is 4.12. The van der Waals surface area contributed by atoms with Crippen molar-refractivity contribution >= 4 is 18.4 Å². The third-order valence-corrected chi connectivity index (χ3v) is 3.04. The number of hydrogen-bond donors (Lipinski definition) is 1. The lowest BCUT2D eigenvalue weighted by molar-refractivity contribution is 0.0600. The minimum atomic E-state index is -0.275. The average molecular weight is 256 g/mol. The van der Waals surface area contributed by atoms with Crippen LogP contribution in [0, 0.1) is 0 Å². The average Bonchev–Trinajstić information content (AvgIpc) is 2.39. The van der Waals surface area contributed by atoms with Crippen molar-refractivity contribution in [1.82, 2.24) is 5.32 Å². The molecule has 1 unspecified atom stereocenters. The van der Waals surface area contributed by atoms with E-state index in [-0.39, 0.29) is 18.4 Å². The molecule has 4 heteroatoms. The Hall–Kier alpha value is -1.06. The second kappa shape index (κ2) is 6.62. The van der Waals surface area contributed by atoms with Crippen molar-refractivity contribution in [3.63, 3.8) is 0 Å². The molecule has 94 valence electrons. The largest absolute Gasteiger partial charge is 0.465 e. The number of carbonyl (C=O) groups excluding carboxylic acids is 1. The van der Waals surface area contributed by atoms with Crippen LogP contribution in [-0.4, -0.2) is 19.6 Å². The first-order valence-corrected chi connectivity index (χ1v) is 5.73. The first kappa shape index (κ1) is 14.0. The van der Waals surface area contributed by atoms with Gasteiger partial charge in [-0.25, -0.2) is 4.79 Å². The molecule has 1 aliphatic rings. The Labute approximate surface area is 108 Å². The molecule has 1 fully saturated rings. The summed E-state index contributed by atoms with van der Waals surface area (Å²) >= 11 is 0. The number of piperidine rings is 1. The Balaban J connectivity index is 0.00000144. The molecule has 2 rings (SSSR count). The van der Waals surface area contributed by atoms with Gasteiger partial charge in [-0.1, -0.05) is 18.6 Å². The van der Waals surface area contributed by atoms with Crippen molar-refractivity contribution in [3.05, 3.63) is 35.4 Å². The van der Waals surface area contributed by atoms with Crippen LogP contribution < -0.4 is 5.32 Å². The van der Waals surface area contributed by atoms with Gasteiger partial charge in [0.05, 0.1) is 12.7 Å². The van der Waals surface area contributed by atoms with Crippen LogP contribution in [0.1, 0.15) is 41.2 Å². The second-order valence-electron chi connectivity index (χ2n) is 4.12. The number of carbonyl (C=O) groups is 1. The fraction of sp³-hybridized carbons (Fsp3) is 0.462. The molecule has 0 aliphatic carbocycles. The third-order valence-electron chi connectivity index (χ3n) is 3.04. The van der Waals surface area contributed by atoms with Crippen molar-refractivity contribution in [2.24, 2.45) is 0 Å². The van der Waals surface area contributed by atoms with Gasteiger partial charge in [0.2, 0.25) is 0 Å². The highest BCUT2D eigenvalue weighted by molar-refractivity contribution is 5.89. The summed E-state index contributed by atoms with van der Waals surface area (Å²) in [4.78, 5) is 11.3. The molecule has 0 saturated carbocycles. The zero-order chi connectivity index (χ0) is 11.4. The smallest absolute Gasteiger partial charge is 0.337 e. The Kier molecular flexibility index (Phi) is 5.45. The van der Waals surface area contributed by atoms with E-state index in [1.807, 2.05) is 24.3 Å². The van der Waals surface area contributed by atoms with Gasteiger partial charge in [0.25, 0.3) is 0 Å². The molecule has 0 aromatic heterocycles. The summed E-state index contributed by atoms with van der Waals surface area (Å²) in [6, 6.07) is 8.12. The Morgan fingerprint density at radius 1 is 1.29 bits per heavy atom. The van der Waals surface area contributed by atoms with Crippen molar-refractivity contribution in [3.8, 4) is 0 Å². The highest BCUT2D eigenvalue weighted by atomic mass is 35.5. The molecule has 17 heavy (non-hydrogen) atoms. The fourth-order valence-electron chi connectivity index (χ4n) is 2.11. The number of hydrogen-bond acceptors (Lipinski definition) is 3. The number of esters is 1. The predicted molar refractivity (Wildman–Crippen MR) is 69.6 cm³/mol. The van der Waals surface area contributed by atoms with Gasteiger partial charge in [-0.15, -0.1) is 12.4 Å². The molecular formula is C13H18ClNO2. The van der Waals surface area contributed by atoms with Gasteiger partial charge in [-0.2, -0.15) is 0 Å². The maximum absolute atomic E-state index is 11.3. The first-order valence-electron chi connectivity index (χ1n) is 5.73. The first-order chi connectivity index (χ1) is 7.81. The van der Waals surface area contributed by atoms with E-state index < -0.39 is 0 Å². The lowest BCUT2D eigenvalue weighted by Gasteiger charge is -2.23. The SMILES string of the molecule is COC(=O)c1ccc(C2CCCCN2)cc1.Cl. The minimum absolute atomic E-state index is 0.